The number of carbonyl (C=O) groups is 1. The summed E-state index contributed by atoms with van der Waals surface area (Å²) in [5.74, 6) is 0.0947. The van der Waals surface area contributed by atoms with Gasteiger partial charge in [0.2, 0.25) is 0 Å². The number of likely N-dealkylation sites (tertiary alicyclic amines) is 1. The molecule has 0 aliphatic carbocycles. The lowest BCUT2D eigenvalue weighted by Gasteiger charge is -2.24. The molecule has 1 unspecified atom stereocenters. The third-order valence-electron chi connectivity index (χ3n) is 3.92. The van der Waals surface area contributed by atoms with Crippen molar-refractivity contribution in [1.29, 1.82) is 0 Å². The molecule has 1 saturated heterocycles. The number of aryl methyl sites for hydroxylation is 1. The van der Waals surface area contributed by atoms with Gasteiger partial charge in [0.15, 0.2) is 0 Å². The fourth-order valence-electron chi connectivity index (χ4n) is 2.94. The summed E-state index contributed by atoms with van der Waals surface area (Å²) in [5.41, 5.74) is 8.44. The first-order valence-corrected chi connectivity index (χ1v) is 7.93. The number of nitrogen functional groups attached to an aromatic ring is 1. The second-order valence-corrected chi connectivity index (χ2v) is 5.94. The number of hydrogen-bond donors (Lipinski definition) is 1. The number of amides is 1. The summed E-state index contributed by atoms with van der Waals surface area (Å²) in [6, 6.07) is 4.12. The van der Waals surface area contributed by atoms with E-state index in [4.69, 9.17) is 5.73 Å². The highest BCUT2D eigenvalue weighted by Gasteiger charge is 2.32. The number of nitrogens with zero attached hydrogens (tertiary/aromatic N) is 2. The standard InChI is InChI=1S/C15H19N3OS/c1-2-17-9-12(16)8-14(17)15(19)18-6-3-4-13(18)11-5-7-20-10-11/h5,7-10,13H,2-4,6,16H2,1H3. The van der Waals surface area contributed by atoms with E-state index in [1.165, 1.54) is 5.56 Å². The Morgan fingerprint density at radius 3 is 3.10 bits per heavy atom. The molecular formula is C15H19N3OS. The van der Waals surface area contributed by atoms with Gasteiger partial charge in [-0.15, -0.1) is 0 Å². The van der Waals surface area contributed by atoms with E-state index < -0.39 is 0 Å². The van der Waals surface area contributed by atoms with Crippen LogP contribution < -0.4 is 5.73 Å². The highest BCUT2D eigenvalue weighted by Crippen LogP contribution is 2.34. The molecule has 0 bridgehead atoms. The van der Waals surface area contributed by atoms with Crippen molar-refractivity contribution in [2.24, 2.45) is 0 Å². The molecule has 0 spiro atoms. The number of thiophene rings is 1. The van der Waals surface area contributed by atoms with Crippen molar-refractivity contribution in [3.05, 3.63) is 40.3 Å². The molecule has 20 heavy (non-hydrogen) atoms. The van der Waals surface area contributed by atoms with Gasteiger partial charge in [0.1, 0.15) is 5.69 Å². The lowest BCUT2D eigenvalue weighted by atomic mass is 10.1. The predicted octanol–water partition coefficient (Wildman–Crippen LogP) is 3.13. The monoisotopic (exact) mass is 289 g/mol. The van der Waals surface area contributed by atoms with Gasteiger partial charge in [-0.2, -0.15) is 11.3 Å². The maximum Gasteiger partial charge on any atom is 0.271 e. The number of hydrogen-bond acceptors (Lipinski definition) is 3. The van der Waals surface area contributed by atoms with E-state index >= 15 is 0 Å². The summed E-state index contributed by atoms with van der Waals surface area (Å²) in [4.78, 5) is 14.8. The van der Waals surface area contributed by atoms with E-state index in [2.05, 4.69) is 16.8 Å². The van der Waals surface area contributed by atoms with E-state index in [0.717, 1.165) is 25.9 Å². The van der Waals surface area contributed by atoms with Gasteiger partial charge in [0, 0.05) is 19.3 Å². The largest absolute Gasteiger partial charge is 0.397 e. The van der Waals surface area contributed by atoms with Crippen LogP contribution in [0.3, 0.4) is 0 Å². The summed E-state index contributed by atoms with van der Waals surface area (Å²) >= 11 is 1.68. The lowest BCUT2D eigenvalue weighted by molar-refractivity contribution is 0.0725. The normalized spacial score (nSPS) is 18.6. The van der Waals surface area contributed by atoms with Crippen molar-refractivity contribution in [3.63, 3.8) is 0 Å². The predicted molar refractivity (Wildman–Crippen MR) is 81.8 cm³/mol. The lowest BCUT2D eigenvalue weighted by Crippen LogP contribution is -2.31. The van der Waals surface area contributed by atoms with Gasteiger partial charge < -0.3 is 15.2 Å². The Balaban J connectivity index is 1.89. The zero-order valence-corrected chi connectivity index (χ0v) is 12.4. The quantitative estimate of drug-likeness (QED) is 0.943. The van der Waals surface area contributed by atoms with Crippen LogP contribution in [0.15, 0.2) is 29.1 Å². The van der Waals surface area contributed by atoms with Crippen LogP contribution in [-0.2, 0) is 6.54 Å². The maximum absolute atomic E-state index is 12.8. The molecule has 2 N–H and O–H groups in total. The third-order valence-corrected chi connectivity index (χ3v) is 4.62. The van der Waals surface area contributed by atoms with Crippen molar-refractivity contribution < 1.29 is 4.79 Å². The van der Waals surface area contributed by atoms with E-state index in [-0.39, 0.29) is 11.9 Å². The third kappa shape index (κ3) is 2.22. The van der Waals surface area contributed by atoms with Crippen LogP contribution in [0.1, 0.15) is 41.9 Å². The zero-order chi connectivity index (χ0) is 14.1. The highest BCUT2D eigenvalue weighted by molar-refractivity contribution is 7.07. The molecule has 106 valence electrons. The second-order valence-electron chi connectivity index (χ2n) is 5.16. The number of aromatic nitrogens is 1. The van der Waals surface area contributed by atoms with E-state index in [1.54, 1.807) is 17.4 Å². The Morgan fingerprint density at radius 1 is 1.55 bits per heavy atom. The first-order chi connectivity index (χ1) is 9.70. The molecule has 1 aliphatic rings. The first-order valence-electron chi connectivity index (χ1n) is 6.99. The Kier molecular flexibility index (Phi) is 3.53. The van der Waals surface area contributed by atoms with Crippen molar-refractivity contribution in [2.75, 3.05) is 12.3 Å². The molecule has 2 aromatic heterocycles. The summed E-state index contributed by atoms with van der Waals surface area (Å²) < 4.78 is 1.93. The average molecular weight is 289 g/mol. The fraction of sp³-hybridized carbons (Fsp3) is 0.400. The van der Waals surface area contributed by atoms with Crippen molar-refractivity contribution >= 4 is 22.9 Å². The molecule has 2 aromatic rings. The van der Waals surface area contributed by atoms with E-state index in [0.29, 0.717) is 11.4 Å². The van der Waals surface area contributed by atoms with E-state index in [9.17, 15) is 4.79 Å². The van der Waals surface area contributed by atoms with Crippen molar-refractivity contribution in [1.82, 2.24) is 9.47 Å². The molecule has 0 aromatic carbocycles. The molecule has 1 aliphatic heterocycles. The molecule has 0 radical (unpaired) electrons. The van der Waals surface area contributed by atoms with Gasteiger partial charge in [0.25, 0.3) is 5.91 Å². The molecule has 4 nitrogen and oxygen atoms in total. The Hall–Kier alpha value is -1.75. The topological polar surface area (TPSA) is 51.3 Å². The average Bonchev–Trinajstić information content (AvgIpc) is 3.16. The summed E-state index contributed by atoms with van der Waals surface area (Å²) in [7, 11) is 0. The molecule has 3 heterocycles. The Morgan fingerprint density at radius 2 is 2.40 bits per heavy atom. The molecule has 1 atom stereocenters. The van der Waals surface area contributed by atoms with Gasteiger partial charge in [0.05, 0.1) is 11.7 Å². The maximum atomic E-state index is 12.8. The van der Waals surface area contributed by atoms with Gasteiger partial charge >= 0.3 is 0 Å². The smallest absolute Gasteiger partial charge is 0.271 e. The Labute approximate surface area is 122 Å². The van der Waals surface area contributed by atoms with Crippen LogP contribution in [-0.4, -0.2) is 21.9 Å². The molecular weight excluding hydrogens is 270 g/mol. The van der Waals surface area contributed by atoms with Crippen molar-refractivity contribution in [2.45, 2.75) is 32.4 Å². The Bertz CT molecular complexity index is 603. The number of anilines is 1. The first kappa shape index (κ1) is 13.2. The van der Waals surface area contributed by atoms with Gasteiger partial charge in [-0.25, -0.2) is 0 Å². The van der Waals surface area contributed by atoms with Gasteiger partial charge in [-0.3, -0.25) is 4.79 Å². The van der Waals surface area contributed by atoms with Gasteiger partial charge in [-0.1, -0.05) is 0 Å². The molecule has 1 fully saturated rings. The zero-order valence-electron chi connectivity index (χ0n) is 11.6. The molecule has 0 saturated carbocycles. The molecule has 3 rings (SSSR count). The molecule has 1 amide bonds. The highest BCUT2D eigenvalue weighted by atomic mass is 32.1. The summed E-state index contributed by atoms with van der Waals surface area (Å²) in [6.45, 7) is 3.61. The van der Waals surface area contributed by atoms with Crippen LogP contribution >= 0.6 is 11.3 Å². The van der Waals surface area contributed by atoms with Gasteiger partial charge in [-0.05, 0) is 48.2 Å². The van der Waals surface area contributed by atoms with Crippen LogP contribution in [0.5, 0.6) is 0 Å². The minimum Gasteiger partial charge on any atom is -0.397 e. The van der Waals surface area contributed by atoms with Crippen LogP contribution in [0, 0.1) is 0 Å². The number of rotatable bonds is 3. The van der Waals surface area contributed by atoms with E-state index in [1.807, 2.05) is 22.6 Å². The number of carbonyl (C=O) groups excluding carboxylic acids is 1. The minimum absolute atomic E-state index is 0.0947. The summed E-state index contributed by atoms with van der Waals surface area (Å²) in [5, 5.41) is 4.21. The van der Waals surface area contributed by atoms with Crippen LogP contribution in [0.25, 0.3) is 0 Å². The van der Waals surface area contributed by atoms with Crippen LogP contribution in [0.4, 0.5) is 5.69 Å². The fourth-order valence-corrected chi connectivity index (χ4v) is 3.65. The van der Waals surface area contributed by atoms with Crippen LogP contribution in [0.2, 0.25) is 0 Å². The molecule has 5 heteroatoms. The second kappa shape index (κ2) is 5.32. The summed E-state index contributed by atoms with van der Waals surface area (Å²) in [6.07, 6.45) is 3.95. The SMILES string of the molecule is CCn1cc(N)cc1C(=O)N1CCCC1c1ccsc1. The van der Waals surface area contributed by atoms with Crippen molar-refractivity contribution in [3.8, 4) is 0 Å². The number of nitrogens with two attached hydrogens (primary N) is 1. The minimum atomic E-state index is 0.0947.